The molecule has 0 aliphatic carbocycles. The van der Waals surface area contributed by atoms with Gasteiger partial charge >= 0.3 is 5.97 Å². The van der Waals surface area contributed by atoms with Crippen molar-refractivity contribution in [3.05, 3.63) is 71.8 Å². The summed E-state index contributed by atoms with van der Waals surface area (Å²) in [6.07, 6.45) is -3.73. The summed E-state index contributed by atoms with van der Waals surface area (Å²) in [5.74, 6) is -0.456. The number of benzene rings is 2. The first-order valence-electron chi connectivity index (χ1n) is 12.6. The van der Waals surface area contributed by atoms with Gasteiger partial charge in [-0.1, -0.05) is 69.3 Å². The highest BCUT2D eigenvalue weighted by Gasteiger charge is 2.55. The number of esters is 1. The van der Waals surface area contributed by atoms with Gasteiger partial charge in [0.2, 0.25) is 0 Å². The van der Waals surface area contributed by atoms with Crippen LogP contribution in [0.15, 0.2) is 60.7 Å². The van der Waals surface area contributed by atoms with Gasteiger partial charge in [0.05, 0.1) is 12.2 Å². The molecule has 2 saturated heterocycles. The Morgan fingerprint density at radius 2 is 1.61 bits per heavy atom. The summed E-state index contributed by atoms with van der Waals surface area (Å²) >= 11 is 0. The minimum atomic E-state index is -2.32. The van der Waals surface area contributed by atoms with Crippen LogP contribution >= 0.6 is 0 Å². The van der Waals surface area contributed by atoms with E-state index in [2.05, 4.69) is 33.9 Å². The maximum Gasteiger partial charge on any atom is 0.338 e. The smallest absolute Gasteiger partial charge is 0.338 e. The first-order valence-corrected chi connectivity index (χ1v) is 15.5. The van der Waals surface area contributed by atoms with Crippen LogP contribution in [0.5, 0.6) is 0 Å². The van der Waals surface area contributed by atoms with E-state index in [1.165, 1.54) is 0 Å². The largest absolute Gasteiger partial charge is 0.450 e. The molecule has 6 atom stereocenters. The lowest BCUT2D eigenvalue weighted by molar-refractivity contribution is -0.357. The quantitative estimate of drug-likeness (QED) is 0.358. The van der Waals surface area contributed by atoms with Crippen molar-refractivity contribution >= 4 is 14.3 Å². The number of hydrogen-bond donors (Lipinski definition) is 0. The summed E-state index contributed by atoms with van der Waals surface area (Å²) in [5, 5.41) is -0.0695. The monoisotopic (exact) mass is 514 g/mol. The Hall–Kier alpha value is -2.07. The molecule has 2 aliphatic rings. The van der Waals surface area contributed by atoms with E-state index in [0.717, 1.165) is 5.56 Å². The van der Waals surface area contributed by atoms with Gasteiger partial charge in [-0.25, -0.2) is 4.79 Å². The molecule has 0 N–H and O–H groups in total. The molecule has 196 valence electrons. The molecule has 7 nitrogen and oxygen atoms in total. The van der Waals surface area contributed by atoms with Crippen molar-refractivity contribution in [2.45, 2.75) is 82.8 Å². The Labute approximate surface area is 215 Å². The van der Waals surface area contributed by atoms with Gasteiger partial charge in [-0.05, 0) is 37.2 Å². The van der Waals surface area contributed by atoms with Crippen LogP contribution in [0.3, 0.4) is 0 Å². The van der Waals surface area contributed by atoms with E-state index in [4.69, 9.17) is 28.1 Å². The lowest BCUT2D eigenvalue weighted by atomic mass is 9.97. The van der Waals surface area contributed by atoms with Crippen LogP contribution in [-0.4, -0.2) is 58.2 Å². The van der Waals surface area contributed by atoms with Crippen molar-refractivity contribution < 1.29 is 32.9 Å². The Morgan fingerprint density at radius 3 is 2.22 bits per heavy atom. The van der Waals surface area contributed by atoms with Crippen LogP contribution in [0.25, 0.3) is 0 Å². The number of carbonyl (C=O) groups is 1. The predicted molar refractivity (Wildman–Crippen MR) is 138 cm³/mol. The SMILES string of the molecule is CCO[C@H]1O[C@@H]2CO[C@@H](c3ccccc3)O[C@H]2[C@@H](O[Si](C)(C)C(C)(C)C)[C@H]1OC(=O)c1ccccc1. The van der Waals surface area contributed by atoms with E-state index in [0.29, 0.717) is 18.8 Å². The van der Waals surface area contributed by atoms with Crippen molar-refractivity contribution in [3.63, 3.8) is 0 Å². The van der Waals surface area contributed by atoms with Gasteiger partial charge in [0.25, 0.3) is 0 Å². The molecule has 0 radical (unpaired) electrons. The molecule has 0 aromatic heterocycles. The van der Waals surface area contributed by atoms with Crippen LogP contribution in [0.1, 0.15) is 49.9 Å². The molecule has 2 aromatic carbocycles. The van der Waals surface area contributed by atoms with Crippen molar-refractivity contribution in [2.75, 3.05) is 13.2 Å². The molecule has 0 bridgehead atoms. The molecule has 0 spiro atoms. The molecular formula is C28H38O7Si. The fourth-order valence-corrected chi connectivity index (χ4v) is 5.47. The average molecular weight is 515 g/mol. The summed E-state index contributed by atoms with van der Waals surface area (Å²) in [7, 11) is -2.32. The zero-order valence-corrected chi connectivity index (χ0v) is 23.0. The number of ether oxygens (including phenoxy) is 5. The molecular weight excluding hydrogens is 476 g/mol. The van der Waals surface area contributed by atoms with Crippen molar-refractivity contribution in [1.82, 2.24) is 0 Å². The van der Waals surface area contributed by atoms with Crippen LogP contribution in [-0.2, 0) is 28.1 Å². The number of fused-ring (bicyclic) bond motifs is 1. The van der Waals surface area contributed by atoms with Crippen molar-refractivity contribution in [2.24, 2.45) is 0 Å². The van der Waals surface area contributed by atoms with E-state index >= 15 is 0 Å². The van der Waals surface area contributed by atoms with Crippen LogP contribution in [0.4, 0.5) is 0 Å². The first-order chi connectivity index (χ1) is 17.1. The third-order valence-corrected chi connectivity index (χ3v) is 11.6. The Morgan fingerprint density at radius 1 is 0.972 bits per heavy atom. The molecule has 2 fully saturated rings. The maximum absolute atomic E-state index is 13.2. The highest BCUT2D eigenvalue weighted by atomic mass is 28.4. The first kappa shape index (κ1) is 27.0. The molecule has 36 heavy (non-hydrogen) atoms. The normalized spacial score (nSPS) is 28.8. The van der Waals surface area contributed by atoms with E-state index in [9.17, 15) is 4.79 Å². The summed E-state index contributed by atoms with van der Waals surface area (Å²) < 4.78 is 37.8. The van der Waals surface area contributed by atoms with Gasteiger partial charge in [0, 0.05) is 12.2 Å². The third kappa shape index (κ3) is 5.90. The van der Waals surface area contributed by atoms with E-state index in [-0.39, 0.29) is 5.04 Å². The molecule has 4 rings (SSSR count). The Kier molecular flexibility index (Phi) is 8.34. The highest BCUT2D eigenvalue weighted by Crippen LogP contribution is 2.42. The fourth-order valence-electron chi connectivity index (χ4n) is 4.17. The molecule has 2 aromatic rings. The molecule has 8 heteroatoms. The van der Waals surface area contributed by atoms with Gasteiger partial charge < -0.3 is 28.1 Å². The summed E-state index contributed by atoms with van der Waals surface area (Å²) in [4.78, 5) is 13.2. The topological polar surface area (TPSA) is 72.5 Å². The van der Waals surface area contributed by atoms with Crippen molar-refractivity contribution in [3.8, 4) is 0 Å². The van der Waals surface area contributed by atoms with E-state index in [1.54, 1.807) is 24.3 Å². The van der Waals surface area contributed by atoms with Gasteiger partial charge in [-0.15, -0.1) is 0 Å². The summed E-state index contributed by atoms with van der Waals surface area (Å²) in [6, 6.07) is 18.7. The van der Waals surface area contributed by atoms with Crippen LogP contribution < -0.4 is 0 Å². The standard InChI is InChI=1S/C28H38O7Si/c1-7-30-27-24(33-25(29)19-14-10-8-11-15-19)23(35-36(5,6)28(2,3)4)22-21(32-27)18-31-26(34-22)20-16-12-9-13-17-20/h8-17,21-24,26-27H,7,18H2,1-6H3/t21-,22-,23-,24-,26-,27+/m1/s1. The Balaban J connectivity index is 1.68. The maximum atomic E-state index is 13.2. The van der Waals surface area contributed by atoms with E-state index < -0.39 is 51.3 Å². The molecule has 2 heterocycles. The number of rotatable bonds is 7. The number of hydrogen-bond acceptors (Lipinski definition) is 7. The van der Waals surface area contributed by atoms with Crippen LogP contribution in [0.2, 0.25) is 18.1 Å². The zero-order chi connectivity index (χ0) is 25.9. The van der Waals surface area contributed by atoms with Gasteiger partial charge in [0.1, 0.15) is 18.3 Å². The lowest BCUT2D eigenvalue weighted by Crippen LogP contribution is -2.66. The summed E-state index contributed by atoms with van der Waals surface area (Å²) in [6.45, 7) is 13.5. The second-order valence-corrected chi connectivity index (χ2v) is 15.5. The fraction of sp³-hybridized carbons (Fsp3) is 0.536. The molecule has 0 amide bonds. The molecule has 0 unspecified atom stereocenters. The zero-order valence-electron chi connectivity index (χ0n) is 22.0. The Bertz CT molecular complexity index is 992. The number of carbonyl (C=O) groups excluding carboxylic acids is 1. The van der Waals surface area contributed by atoms with Crippen LogP contribution in [0, 0.1) is 0 Å². The molecule has 2 aliphatic heterocycles. The van der Waals surface area contributed by atoms with Gasteiger partial charge in [0.15, 0.2) is 27.0 Å². The summed E-state index contributed by atoms with van der Waals surface area (Å²) in [5.41, 5.74) is 1.36. The van der Waals surface area contributed by atoms with E-state index in [1.807, 2.05) is 43.3 Å². The van der Waals surface area contributed by atoms with Gasteiger partial charge in [-0.3, -0.25) is 0 Å². The lowest BCUT2D eigenvalue weighted by Gasteiger charge is -2.51. The highest BCUT2D eigenvalue weighted by molar-refractivity contribution is 6.74. The third-order valence-electron chi connectivity index (χ3n) is 7.18. The average Bonchev–Trinajstić information content (AvgIpc) is 2.86. The second-order valence-electron chi connectivity index (χ2n) is 10.8. The minimum absolute atomic E-state index is 0.0695. The molecule has 0 saturated carbocycles. The minimum Gasteiger partial charge on any atom is -0.450 e. The second kappa shape index (κ2) is 11.1. The van der Waals surface area contributed by atoms with Crippen molar-refractivity contribution in [1.29, 1.82) is 0 Å². The predicted octanol–water partition coefficient (Wildman–Crippen LogP) is 5.48. The van der Waals surface area contributed by atoms with Gasteiger partial charge in [-0.2, -0.15) is 0 Å².